The summed E-state index contributed by atoms with van der Waals surface area (Å²) < 4.78 is 84.0. The van der Waals surface area contributed by atoms with Gasteiger partial charge < -0.3 is 23.3 Å². The molecule has 0 unspecified atom stereocenters. The molecular weight excluding hydrogens is 539 g/mol. The van der Waals surface area contributed by atoms with Crippen molar-refractivity contribution in [1.82, 2.24) is 4.90 Å². The molecule has 1 heterocycles. The number of para-hydroxylation sites is 1. The Morgan fingerprint density at radius 1 is 1.13 bits per heavy atom. The van der Waals surface area contributed by atoms with Crippen molar-refractivity contribution in [2.45, 2.75) is 64.3 Å². The van der Waals surface area contributed by atoms with Crippen LogP contribution < -0.4 is 9.47 Å². The van der Waals surface area contributed by atoms with Gasteiger partial charge >= 0.3 is 21.7 Å². The first-order valence-corrected chi connectivity index (χ1v) is 13.6. The van der Waals surface area contributed by atoms with Crippen LogP contribution in [0.25, 0.3) is 5.76 Å². The highest BCUT2D eigenvalue weighted by Crippen LogP contribution is 2.37. The maximum atomic E-state index is 13.2. The van der Waals surface area contributed by atoms with Crippen molar-refractivity contribution < 1.29 is 44.8 Å². The molecule has 0 aliphatic carbocycles. The van der Waals surface area contributed by atoms with Crippen LogP contribution in [0.1, 0.15) is 56.8 Å². The van der Waals surface area contributed by atoms with Crippen LogP contribution in [-0.2, 0) is 19.0 Å². The molecule has 0 saturated heterocycles. The maximum Gasteiger partial charge on any atom is 0.534 e. The molecule has 1 aliphatic rings. The summed E-state index contributed by atoms with van der Waals surface area (Å²) in [7, 11) is -4.36. The molecule has 8 nitrogen and oxygen atoms in total. The predicted octanol–water partition coefficient (Wildman–Crippen LogP) is 6.36. The molecule has 3 rings (SSSR count). The molecule has 2 aromatic rings. The Labute approximate surface area is 226 Å². The van der Waals surface area contributed by atoms with Crippen molar-refractivity contribution in [1.29, 1.82) is 0 Å². The molecule has 1 aliphatic heterocycles. The summed E-state index contributed by atoms with van der Waals surface area (Å²) in [5.41, 5.74) is -4.64. The maximum absolute atomic E-state index is 13.2. The smallest absolute Gasteiger partial charge is 0.496 e. The summed E-state index contributed by atoms with van der Waals surface area (Å²) >= 11 is 0. The van der Waals surface area contributed by atoms with Crippen molar-refractivity contribution in [3.8, 4) is 11.5 Å². The van der Waals surface area contributed by atoms with E-state index in [1.165, 1.54) is 29.2 Å². The third kappa shape index (κ3) is 7.37. The zero-order chi connectivity index (χ0) is 29.2. The third-order valence-corrected chi connectivity index (χ3v) is 6.88. The Morgan fingerprint density at radius 3 is 2.41 bits per heavy atom. The topological polar surface area (TPSA) is 91.4 Å². The number of aryl methyl sites for hydroxylation is 1. The summed E-state index contributed by atoms with van der Waals surface area (Å²) in [4.78, 5) is 14.7. The van der Waals surface area contributed by atoms with Gasteiger partial charge in [0.05, 0.1) is 18.7 Å². The average Bonchev–Trinajstić information content (AvgIpc) is 2.82. The first kappa shape index (κ1) is 30.1. The molecule has 1 amide bonds. The van der Waals surface area contributed by atoms with Crippen molar-refractivity contribution in [3.63, 3.8) is 0 Å². The van der Waals surface area contributed by atoms with Crippen molar-refractivity contribution in [3.05, 3.63) is 65.2 Å². The van der Waals surface area contributed by atoms with Crippen LogP contribution in [-0.4, -0.2) is 50.3 Å². The first-order chi connectivity index (χ1) is 18.0. The van der Waals surface area contributed by atoms with Gasteiger partial charge in [-0.05, 0) is 63.9 Å². The fraction of sp³-hybridized carbons (Fsp3) is 0.444. The van der Waals surface area contributed by atoms with Crippen LogP contribution >= 0.6 is 0 Å². The molecule has 0 aromatic heterocycles. The van der Waals surface area contributed by atoms with Gasteiger partial charge in [-0.2, -0.15) is 21.6 Å². The highest BCUT2D eigenvalue weighted by atomic mass is 32.2. The predicted molar refractivity (Wildman–Crippen MR) is 139 cm³/mol. The molecular formula is C27H32F3NO7S. The van der Waals surface area contributed by atoms with Crippen LogP contribution in [0, 0.1) is 6.92 Å². The summed E-state index contributed by atoms with van der Waals surface area (Å²) in [6, 6.07) is 11.1. The number of amides is 1. The number of halogens is 3. The van der Waals surface area contributed by atoms with Gasteiger partial charge in [0.15, 0.2) is 5.76 Å². The number of carbonyl (C=O) groups is 1. The molecule has 0 spiro atoms. The van der Waals surface area contributed by atoms with Crippen molar-refractivity contribution in [2.75, 3.05) is 13.7 Å². The van der Waals surface area contributed by atoms with E-state index in [2.05, 4.69) is 4.18 Å². The fourth-order valence-electron chi connectivity index (χ4n) is 3.92. The number of hydrogen-bond acceptors (Lipinski definition) is 7. The molecule has 0 radical (unpaired) electrons. The molecule has 0 bridgehead atoms. The molecule has 0 N–H and O–H groups in total. The number of nitrogens with zero attached hydrogens (tertiary/aromatic N) is 1. The summed E-state index contributed by atoms with van der Waals surface area (Å²) in [6.07, 6.45) is -0.243. The lowest BCUT2D eigenvalue weighted by Gasteiger charge is -2.33. The number of ether oxygens (including phenoxy) is 3. The van der Waals surface area contributed by atoms with E-state index in [1.807, 2.05) is 32.0 Å². The van der Waals surface area contributed by atoms with E-state index in [-0.39, 0.29) is 24.3 Å². The summed E-state index contributed by atoms with van der Waals surface area (Å²) in [5, 5.41) is 0. The Kier molecular flexibility index (Phi) is 8.79. The van der Waals surface area contributed by atoms with Gasteiger partial charge in [-0.3, -0.25) is 0 Å². The number of fused-ring (bicyclic) bond motifs is 1. The highest BCUT2D eigenvalue weighted by molar-refractivity contribution is 7.87. The molecule has 39 heavy (non-hydrogen) atoms. The molecule has 0 saturated carbocycles. The minimum atomic E-state index is -5.91. The van der Waals surface area contributed by atoms with Crippen LogP contribution in [0.4, 0.5) is 18.0 Å². The highest BCUT2D eigenvalue weighted by Gasteiger charge is 2.49. The zero-order valence-electron chi connectivity index (χ0n) is 22.5. The molecule has 0 fully saturated rings. The normalized spacial score (nSPS) is 16.3. The van der Waals surface area contributed by atoms with E-state index in [1.54, 1.807) is 33.9 Å². The van der Waals surface area contributed by atoms with Crippen molar-refractivity contribution >= 4 is 22.0 Å². The van der Waals surface area contributed by atoms with E-state index in [0.29, 0.717) is 5.75 Å². The number of carbonyl (C=O) groups excluding carboxylic acids is 1. The molecule has 214 valence electrons. The zero-order valence-corrected chi connectivity index (χ0v) is 23.4. The SMILES string of the molecule is COc1cc([C@@H](C)N(CC[C@@H]2C=C(OS(=O)(=O)C(F)(F)F)c3ccccc3O2)C(=O)OC(C)(C)C)ccc1C. The summed E-state index contributed by atoms with van der Waals surface area (Å²) in [5.74, 6) is 0.295. The van der Waals surface area contributed by atoms with Gasteiger partial charge in [0.2, 0.25) is 0 Å². The Balaban J connectivity index is 1.90. The molecule has 12 heteroatoms. The first-order valence-electron chi connectivity index (χ1n) is 12.1. The minimum Gasteiger partial charge on any atom is -0.496 e. The van der Waals surface area contributed by atoms with Gasteiger partial charge in [-0.15, -0.1) is 0 Å². The number of rotatable bonds is 8. The standard InChI is InChI=1S/C27H32F3NO7S/c1-17-11-12-19(15-23(17)35-6)18(2)31(25(32)37-26(3,4)5)14-13-20-16-24(38-39(33,34)27(28,29)30)21-9-7-8-10-22(21)36-20/h7-12,15-16,18,20H,13-14H2,1-6H3/t18-,20-/m1/s1. The molecule has 2 atom stereocenters. The van der Waals surface area contributed by atoms with Gasteiger partial charge in [0.1, 0.15) is 23.2 Å². The number of methoxy groups -OCH3 is 1. The lowest BCUT2D eigenvalue weighted by molar-refractivity contribution is -0.0510. The minimum absolute atomic E-state index is 0.0608. The van der Waals surface area contributed by atoms with E-state index in [4.69, 9.17) is 14.2 Å². The largest absolute Gasteiger partial charge is 0.534 e. The van der Waals surface area contributed by atoms with Crippen LogP contribution in [0.15, 0.2) is 48.5 Å². The lowest BCUT2D eigenvalue weighted by atomic mass is 10.0. The van der Waals surface area contributed by atoms with E-state index in [0.717, 1.165) is 11.1 Å². The number of alkyl halides is 3. The van der Waals surface area contributed by atoms with Gasteiger partial charge in [-0.25, -0.2) is 4.79 Å². The quantitative estimate of drug-likeness (QED) is 0.269. The fourth-order valence-corrected chi connectivity index (χ4v) is 4.39. The van der Waals surface area contributed by atoms with E-state index < -0.39 is 45.2 Å². The van der Waals surface area contributed by atoms with Gasteiger partial charge in [-0.1, -0.05) is 24.3 Å². The third-order valence-electron chi connectivity index (χ3n) is 5.92. The Bertz CT molecular complexity index is 1330. The van der Waals surface area contributed by atoms with Gasteiger partial charge in [0.25, 0.3) is 0 Å². The molecule has 2 aromatic carbocycles. The second kappa shape index (κ2) is 11.4. The lowest BCUT2D eigenvalue weighted by Crippen LogP contribution is -2.40. The van der Waals surface area contributed by atoms with E-state index in [9.17, 15) is 26.4 Å². The van der Waals surface area contributed by atoms with Crippen LogP contribution in [0.3, 0.4) is 0 Å². The van der Waals surface area contributed by atoms with Crippen LogP contribution in [0.2, 0.25) is 0 Å². The Morgan fingerprint density at radius 2 is 1.79 bits per heavy atom. The average molecular weight is 572 g/mol. The van der Waals surface area contributed by atoms with Crippen LogP contribution in [0.5, 0.6) is 11.5 Å². The monoisotopic (exact) mass is 571 g/mol. The second-order valence-corrected chi connectivity index (χ2v) is 11.6. The van der Waals surface area contributed by atoms with Gasteiger partial charge in [0, 0.05) is 19.0 Å². The van der Waals surface area contributed by atoms with Crippen molar-refractivity contribution in [2.24, 2.45) is 0 Å². The Hall–Kier alpha value is -3.41. The summed E-state index contributed by atoms with van der Waals surface area (Å²) in [6.45, 7) is 8.97. The number of hydrogen-bond donors (Lipinski definition) is 0. The number of benzene rings is 2. The second-order valence-electron chi connectivity index (χ2n) is 10.0. The van der Waals surface area contributed by atoms with E-state index >= 15 is 0 Å².